The number of likely N-dealkylation sites (N-methyl/N-ethyl adjacent to an activating group) is 1. The molecule has 0 aromatic heterocycles. The molecule has 1 aliphatic rings. The number of nitrogens with one attached hydrogen (secondary N) is 1. The molecule has 1 unspecified atom stereocenters. The molecule has 1 aliphatic heterocycles. The van der Waals surface area contributed by atoms with Gasteiger partial charge in [-0.2, -0.15) is 0 Å². The fourth-order valence-electron chi connectivity index (χ4n) is 2.38. The predicted octanol–water partition coefficient (Wildman–Crippen LogP) is 1.56. The van der Waals surface area contributed by atoms with Crippen LogP contribution in [0.4, 0.5) is 10.1 Å². The van der Waals surface area contributed by atoms with Crippen LogP contribution in [-0.4, -0.2) is 51.2 Å². The lowest BCUT2D eigenvalue weighted by Crippen LogP contribution is -2.49. The number of nitrogens with zero attached hydrogens (tertiary/aromatic N) is 2. The zero-order valence-corrected chi connectivity index (χ0v) is 11.2. The van der Waals surface area contributed by atoms with Crippen LogP contribution in [0.25, 0.3) is 0 Å². The van der Waals surface area contributed by atoms with Crippen LogP contribution in [0.5, 0.6) is 0 Å². The molecule has 4 heteroatoms. The predicted molar refractivity (Wildman–Crippen MR) is 73.6 cm³/mol. The van der Waals surface area contributed by atoms with Crippen molar-refractivity contribution >= 4 is 5.69 Å². The molecule has 0 radical (unpaired) electrons. The highest BCUT2D eigenvalue weighted by atomic mass is 19.1. The summed E-state index contributed by atoms with van der Waals surface area (Å²) in [5.74, 6) is -0.171. The maximum atomic E-state index is 13.1. The van der Waals surface area contributed by atoms with E-state index in [-0.39, 0.29) is 5.82 Å². The van der Waals surface area contributed by atoms with Gasteiger partial charge in [0, 0.05) is 45.0 Å². The maximum absolute atomic E-state index is 13.1. The fourth-order valence-corrected chi connectivity index (χ4v) is 2.38. The second kappa shape index (κ2) is 6.16. The van der Waals surface area contributed by atoms with Gasteiger partial charge in [-0.3, -0.25) is 0 Å². The van der Waals surface area contributed by atoms with Crippen molar-refractivity contribution in [1.82, 2.24) is 10.2 Å². The molecule has 100 valence electrons. The first-order chi connectivity index (χ1) is 8.65. The number of anilines is 1. The van der Waals surface area contributed by atoms with Gasteiger partial charge in [-0.25, -0.2) is 4.39 Å². The van der Waals surface area contributed by atoms with E-state index >= 15 is 0 Å². The van der Waals surface area contributed by atoms with Crippen LogP contribution < -0.4 is 10.2 Å². The van der Waals surface area contributed by atoms with Crippen molar-refractivity contribution in [3.63, 3.8) is 0 Å². The molecule has 18 heavy (non-hydrogen) atoms. The van der Waals surface area contributed by atoms with Gasteiger partial charge in [-0.05, 0) is 31.7 Å². The zero-order chi connectivity index (χ0) is 13.0. The quantitative estimate of drug-likeness (QED) is 0.876. The minimum atomic E-state index is -0.171. The molecule has 1 heterocycles. The molecule has 0 saturated carbocycles. The highest BCUT2D eigenvalue weighted by Crippen LogP contribution is 2.14. The average molecular weight is 251 g/mol. The molecule has 0 bridgehead atoms. The van der Waals surface area contributed by atoms with E-state index in [0.717, 1.165) is 38.3 Å². The Bertz CT molecular complexity index is 383. The van der Waals surface area contributed by atoms with Crippen molar-refractivity contribution in [1.29, 1.82) is 0 Å². The lowest BCUT2D eigenvalue weighted by molar-refractivity contribution is 0.233. The summed E-state index contributed by atoms with van der Waals surface area (Å²) >= 11 is 0. The third-order valence-corrected chi connectivity index (χ3v) is 3.52. The van der Waals surface area contributed by atoms with E-state index in [4.69, 9.17) is 0 Å². The highest BCUT2D eigenvalue weighted by Gasteiger charge is 2.16. The Morgan fingerprint density at radius 1 is 1.50 bits per heavy atom. The van der Waals surface area contributed by atoms with Gasteiger partial charge in [-0.1, -0.05) is 6.07 Å². The lowest BCUT2D eigenvalue weighted by atomic mass is 10.1. The zero-order valence-electron chi connectivity index (χ0n) is 11.2. The van der Waals surface area contributed by atoms with Crippen LogP contribution in [0.15, 0.2) is 24.3 Å². The van der Waals surface area contributed by atoms with E-state index in [9.17, 15) is 4.39 Å². The highest BCUT2D eigenvalue weighted by molar-refractivity contribution is 5.45. The molecule has 2 rings (SSSR count). The molecule has 1 fully saturated rings. The molecule has 1 atom stereocenters. The Labute approximate surface area is 109 Å². The lowest BCUT2D eigenvalue weighted by Gasteiger charge is -2.32. The SMILES string of the molecule is CN1CCNC(CCN(C)c2cccc(F)c2)C1. The monoisotopic (exact) mass is 251 g/mol. The van der Waals surface area contributed by atoms with Crippen molar-refractivity contribution in [2.45, 2.75) is 12.5 Å². The maximum Gasteiger partial charge on any atom is 0.125 e. The topological polar surface area (TPSA) is 18.5 Å². The first-order valence-electron chi connectivity index (χ1n) is 6.54. The molecule has 0 spiro atoms. The second-order valence-corrected chi connectivity index (χ2v) is 5.10. The first-order valence-corrected chi connectivity index (χ1v) is 6.54. The Balaban J connectivity index is 1.82. The Kier molecular flexibility index (Phi) is 4.55. The van der Waals surface area contributed by atoms with Crippen LogP contribution in [0, 0.1) is 5.82 Å². The molecule has 3 nitrogen and oxygen atoms in total. The van der Waals surface area contributed by atoms with E-state index in [0.29, 0.717) is 6.04 Å². The molecule has 1 aromatic carbocycles. The number of rotatable bonds is 4. The Morgan fingerprint density at radius 2 is 2.33 bits per heavy atom. The smallest absolute Gasteiger partial charge is 0.125 e. The minimum Gasteiger partial charge on any atom is -0.374 e. The van der Waals surface area contributed by atoms with Crippen LogP contribution in [0.1, 0.15) is 6.42 Å². The summed E-state index contributed by atoms with van der Waals surface area (Å²) in [5.41, 5.74) is 0.944. The van der Waals surface area contributed by atoms with Crippen LogP contribution >= 0.6 is 0 Å². The third kappa shape index (κ3) is 3.68. The number of hydrogen-bond donors (Lipinski definition) is 1. The van der Waals surface area contributed by atoms with Crippen LogP contribution in [-0.2, 0) is 0 Å². The number of hydrogen-bond acceptors (Lipinski definition) is 3. The summed E-state index contributed by atoms with van der Waals surface area (Å²) in [6.07, 6.45) is 1.08. The average Bonchev–Trinajstić information content (AvgIpc) is 2.36. The summed E-state index contributed by atoms with van der Waals surface area (Å²) in [6, 6.07) is 7.31. The van der Waals surface area contributed by atoms with E-state index in [1.54, 1.807) is 12.1 Å². The summed E-state index contributed by atoms with van der Waals surface area (Å²) < 4.78 is 13.1. The van der Waals surface area contributed by atoms with Gasteiger partial charge in [-0.15, -0.1) is 0 Å². The number of halogens is 1. The molecule has 0 aliphatic carbocycles. The van der Waals surface area contributed by atoms with Gasteiger partial charge < -0.3 is 15.1 Å². The van der Waals surface area contributed by atoms with Crippen molar-refractivity contribution in [3.8, 4) is 0 Å². The largest absolute Gasteiger partial charge is 0.374 e. The van der Waals surface area contributed by atoms with Gasteiger partial charge in [0.25, 0.3) is 0 Å². The standard InChI is InChI=1S/C14H22FN3/c1-17-9-7-16-13(11-17)6-8-18(2)14-5-3-4-12(15)10-14/h3-5,10,13,16H,6-9,11H2,1-2H3. The Morgan fingerprint density at radius 3 is 3.06 bits per heavy atom. The third-order valence-electron chi connectivity index (χ3n) is 3.52. The molecule has 1 saturated heterocycles. The van der Waals surface area contributed by atoms with E-state index in [1.807, 2.05) is 13.1 Å². The summed E-state index contributed by atoms with van der Waals surface area (Å²) in [5, 5.41) is 3.53. The molecule has 1 N–H and O–H groups in total. The molecular formula is C14H22FN3. The summed E-state index contributed by atoms with van der Waals surface area (Å²) in [7, 11) is 4.17. The van der Waals surface area contributed by atoms with Crippen molar-refractivity contribution in [3.05, 3.63) is 30.1 Å². The Hall–Kier alpha value is -1.13. The van der Waals surface area contributed by atoms with Crippen LogP contribution in [0.2, 0.25) is 0 Å². The first kappa shape index (κ1) is 13.3. The molecule has 1 aromatic rings. The van der Waals surface area contributed by atoms with Crippen LogP contribution in [0.3, 0.4) is 0 Å². The molecule has 0 amide bonds. The molecular weight excluding hydrogens is 229 g/mol. The van der Waals surface area contributed by atoms with E-state index < -0.39 is 0 Å². The second-order valence-electron chi connectivity index (χ2n) is 5.10. The number of piperazine rings is 1. The normalized spacial score (nSPS) is 20.9. The van der Waals surface area contributed by atoms with Gasteiger partial charge in [0.2, 0.25) is 0 Å². The van der Waals surface area contributed by atoms with Gasteiger partial charge in [0.1, 0.15) is 5.82 Å². The van der Waals surface area contributed by atoms with Crippen molar-refractivity contribution in [2.75, 3.05) is 45.2 Å². The van der Waals surface area contributed by atoms with Gasteiger partial charge in [0.05, 0.1) is 0 Å². The minimum absolute atomic E-state index is 0.171. The fraction of sp³-hybridized carbons (Fsp3) is 0.571. The van der Waals surface area contributed by atoms with Gasteiger partial charge >= 0.3 is 0 Å². The summed E-state index contributed by atoms with van der Waals surface area (Å²) in [4.78, 5) is 4.46. The number of benzene rings is 1. The van der Waals surface area contributed by atoms with E-state index in [2.05, 4.69) is 22.2 Å². The summed E-state index contributed by atoms with van der Waals surface area (Å²) in [6.45, 7) is 4.22. The van der Waals surface area contributed by atoms with Crippen molar-refractivity contribution in [2.24, 2.45) is 0 Å². The van der Waals surface area contributed by atoms with E-state index in [1.165, 1.54) is 6.07 Å². The van der Waals surface area contributed by atoms with Crippen molar-refractivity contribution < 1.29 is 4.39 Å². The van der Waals surface area contributed by atoms with Gasteiger partial charge in [0.15, 0.2) is 0 Å².